The lowest BCUT2D eigenvalue weighted by atomic mass is 9.99. The highest BCUT2D eigenvalue weighted by Crippen LogP contribution is 2.21. The summed E-state index contributed by atoms with van der Waals surface area (Å²) in [7, 11) is 0. The number of hydrogen-bond acceptors (Lipinski definition) is 3. The summed E-state index contributed by atoms with van der Waals surface area (Å²) >= 11 is 0. The summed E-state index contributed by atoms with van der Waals surface area (Å²) in [5, 5.41) is 0. The normalized spacial score (nSPS) is 13.2. The van der Waals surface area contributed by atoms with Crippen molar-refractivity contribution in [1.29, 1.82) is 0 Å². The van der Waals surface area contributed by atoms with Crippen molar-refractivity contribution >= 4 is 0 Å². The molecule has 0 aliphatic rings. The van der Waals surface area contributed by atoms with Gasteiger partial charge in [0, 0.05) is 24.4 Å². The molecule has 166 valence electrons. The molecule has 0 aliphatic carbocycles. The second kappa shape index (κ2) is 14.1. The molecule has 2 atom stereocenters. The van der Waals surface area contributed by atoms with Gasteiger partial charge in [-0.05, 0) is 55.0 Å². The molecule has 0 saturated heterocycles. The van der Waals surface area contributed by atoms with Gasteiger partial charge in [-0.3, -0.25) is 0 Å². The monoisotopic (exact) mass is 414 g/mol. The average molecular weight is 415 g/mol. The molecule has 0 radical (unpaired) electrons. The third kappa shape index (κ3) is 8.81. The predicted molar refractivity (Wildman–Crippen MR) is 124 cm³/mol. The van der Waals surface area contributed by atoms with Gasteiger partial charge in [0.05, 0.1) is 6.61 Å². The van der Waals surface area contributed by atoms with Crippen LogP contribution in [0.25, 0.3) is 11.4 Å². The predicted octanol–water partition coefficient (Wildman–Crippen LogP) is 7.59. The molecule has 0 spiro atoms. The molecule has 0 saturated carbocycles. The third-order valence-corrected chi connectivity index (χ3v) is 5.66. The van der Waals surface area contributed by atoms with Gasteiger partial charge in [0.25, 0.3) is 0 Å². The Labute approximate surface area is 182 Å². The number of ether oxygens (including phenoxy) is 1. The number of benzene rings is 1. The van der Waals surface area contributed by atoms with Crippen molar-refractivity contribution in [3.8, 4) is 17.1 Å². The molecular weight excluding hydrogens is 375 g/mol. The van der Waals surface area contributed by atoms with Crippen LogP contribution < -0.4 is 4.74 Å². The SMILES string of the molecule is CCCCCCCCc1cnc(-c2ccc(OCCC(F)C(C)CCC)cc2)nc1. The summed E-state index contributed by atoms with van der Waals surface area (Å²) in [5.74, 6) is 1.58. The van der Waals surface area contributed by atoms with E-state index in [9.17, 15) is 4.39 Å². The minimum Gasteiger partial charge on any atom is -0.493 e. The Morgan fingerprint density at radius 3 is 2.20 bits per heavy atom. The van der Waals surface area contributed by atoms with Crippen LogP contribution in [0.3, 0.4) is 0 Å². The first-order chi connectivity index (χ1) is 14.6. The second-order valence-corrected chi connectivity index (χ2v) is 8.38. The fourth-order valence-electron chi connectivity index (χ4n) is 3.65. The molecule has 2 unspecified atom stereocenters. The van der Waals surface area contributed by atoms with E-state index >= 15 is 0 Å². The number of nitrogens with zero attached hydrogens (tertiary/aromatic N) is 2. The molecule has 1 aromatic heterocycles. The highest BCUT2D eigenvalue weighted by Gasteiger charge is 2.15. The summed E-state index contributed by atoms with van der Waals surface area (Å²) < 4.78 is 19.8. The first-order valence-corrected chi connectivity index (χ1v) is 11.8. The van der Waals surface area contributed by atoms with E-state index in [1.165, 1.54) is 44.1 Å². The van der Waals surface area contributed by atoms with Crippen LogP contribution in [0.1, 0.15) is 84.1 Å². The van der Waals surface area contributed by atoms with Gasteiger partial charge >= 0.3 is 0 Å². The maximum atomic E-state index is 14.1. The maximum absolute atomic E-state index is 14.1. The van der Waals surface area contributed by atoms with E-state index in [-0.39, 0.29) is 5.92 Å². The lowest BCUT2D eigenvalue weighted by Gasteiger charge is -2.16. The van der Waals surface area contributed by atoms with Crippen molar-refractivity contribution in [3.05, 3.63) is 42.2 Å². The first-order valence-electron chi connectivity index (χ1n) is 11.8. The highest BCUT2D eigenvalue weighted by atomic mass is 19.1. The smallest absolute Gasteiger partial charge is 0.159 e. The van der Waals surface area contributed by atoms with E-state index in [2.05, 4.69) is 23.8 Å². The zero-order valence-electron chi connectivity index (χ0n) is 19.1. The average Bonchev–Trinajstić information content (AvgIpc) is 2.77. The topological polar surface area (TPSA) is 35.0 Å². The fraction of sp³-hybridized carbons (Fsp3) is 0.615. The van der Waals surface area contributed by atoms with Crippen LogP contribution in [0.5, 0.6) is 5.75 Å². The van der Waals surface area contributed by atoms with Crippen LogP contribution in [0.4, 0.5) is 4.39 Å². The summed E-state index contributed by atoms with van der Waals surface area (Å²) in [5.41, 5.74) is 2.17. The van der Waals surface area contributed by atoms with Crippen molar-refractivity contribution in [1.82, 2.24) is 9.97 Å². The van der Waals surface area contributed by atoms with E-state index < -0.39 is 6.17 Å². The van der Waals surface area contributed by atoms with Gasteiger partial charge in [-0.1, -0.05) is 59.3 Å². The maximum Gasteiger partial charge on any atom is 0.159 e. The standard InChI is InChI=1S/C26H39FN2O/c1-4-6-7-8-9-10-12-22-19-28-26(29-20-22)23-13-15-24(16-14-23)30-18-17-25(27)21(3)11-5-2/h13-16,19-21,25H,4-12,17-18H2,1-3H3. The van der Waals surface area contributed by atoms with Crippen LogP contribution >= 0.6 is 0 Å². The van der Waals surface area contributed by atoms with Gasteiger partial charge < -0.3 is 4.74 Å². The van der Waals surface area contributed by atoms with E-state index in [0.717, 1.165) is 36.4 Å². The van der Waals surface area contributed by atoms with E-state index in [0.29, 0.717) is 13.0 Å². The zero-order chi connectivity index (χ0) is 21.6. The summed E-state index contributed by atoms with van der Waals surface area (Å²) in [4.78, 5) is 9.06. The molecule has 0 fully saturated rings. The van der Waals surface area contributed by atoms with Gasteiger partial charge in [-0.25, -0.2) is 14.4 Å². The number of unbranched alkanes of at least 4 members (excludes halogenated alkanes) is 5. The van der Waals surface area contributed by atoms with Crippen LogP contribution in [-0.4, -0.2) is 22.7 Å². The molecule has 2 rings (SSSR count). The van der Waals surface area contributed by atoms with Crippen molar-refractivity contribution in [3.63, 3.8) is 0 Å². The largest absolute Gasteiger partial charge is 0.493 e. The number of hydrogen-bond donors (Lipinski definition) is 0. The molecule has 0 amide bonds. The van der Waals surface area contributed by atoms with Crippen LogP contribution in [0.2, 0.25) is 0 Å². The molecule has 2 aromatic rings. The number of halogens is 1. The molecular formula is C26H39FN2O. The third-order valence-electron chi connectivity index (χ3n) is 5.66. The second-order valence-electron chi connectivity index (χ2n) is 8.38. The lowest BCUT2D eigenvalue weighted by molar-refractivity contribution is 0.178. The van der Waals surface area contributed by atoms with Crippen LogP contribution in [-0.2, 0) is 6.42 Å². The zero-order valence-corrected chi connectivity index (χ0v) is 19.1. The lowest BCUT2D eigenvalue weighted by Crippen LogP contribution is -2.16. The minimum absolute atomic E-state index is 0.0992. The Balaban J connectivity index is 1.75. The Kier molecular flexibility index (Phi) is 11.4. The van der Waals surface area contributed by atoms with Crippen LogP contribution in [0.15, 0.2) is 36.7 Å². The Bertz CT molecular complexity index is 687. The molecule has 1 aromatic carbocycles. The van der Waals surface area contributed by atoms with Gasteiger partial charge in [0.15, 0.2) is 5.82 Å². The van der Waals surface area contributed by atoms with Crippen molar-refractivity contribution in [2.24, 2.45) is 5.92 Å². The van der Waals surface area contributed by atoms with Crippen molar-refractivity contribution in [2.75, 3.05) is 6.61 Å². The number of aromatic nitrogens is 2. The quantitative estimate of drug-likeness (QED) is 0.282. The van der Waals surface area contributed by atoms with E-state index in [4.69, 9.17) is 4.74 Å². The van der Waals surface area contributed by atoms with E-state index in [1.54, 1.807) is 0 Å². The van der Waals surface area contributed by atoms with Gasteiger partial charge in [0.2, 0.25) is 0 Å². The Morgan fingerprint density at radius 1 is 0.867 bits per heavy atom. The molecule has 3 nitrogen and oxygen atoms in total. The Hall–Kier alpha value is -1.97. The van der Waals surface area contributed by atoms with Gasteiger partial charge in [-0.15, -0.1) is 0 Å². The van der Waals surface area contributed by atoms with Crippen molar-refractivity contribution < 1.29 is 9.13 Å². The molecule has 30 heavy (non-hydrogen) atoms. The summed E-state index contributed by atoms with van der Waals surface area (Å²) in [6.07, 6.45) is 14.3. The summed E-state index contributed by atoms with van der Waals surface area (Å²) in [6, 6.07) is 7.74. The van der Waals surface area contributed by atoms with Crippen molar-refractivity contribution in [2.45, 2.75) is 91.2 Å². The number of alkyl halides is 1. The van der Waals surface area contributed by atoms with Gasteiger partial charge in [0.1, 0.15) is 11.9 Å². The van der Waals surface area contributed by atoms with Gasteiger partial charge in [-0.2, -0.15) is 0 Å². The summed E-state index contributed by atoms with van der Waals surface area (Å²) in [6.45, 7) is 6.71. The first kappa shape index (κ1) is 24.3. The fourth-order valence-corrected chi connectivity index (χ4v) is 3.65. The molecule has 0 N–H and O–H groups in total. The molecule has 0 bridgehead atoms. The highest BCUT2D eigenvalue weighted by molar-refractivity contribution is 5.55. The minimum atomic E-state index is -0.799. The molecule has 1 heterocycles. The van der Waals surface area contributed by atoms with E-state index in [1.807, 2.05) is 43.6 Å². The Morgan fingerprint density at radius 2 is 1.53 bits per heavy atom. The molecule has 4 heteroatoms. The number of aryl methyl sites for hydroxylation is 1. The van der Waals surface area contributed by atoms with Crippen LogP contribution in [0, 0.1) is 5.92 Å². The molecule has 0 aliphatic heterocycles. The number of rotatable bonds is 15.